The van der Waals surface area contributed by atoms with Gasteiger partial charge in [0.2, 0.25) is 5.60 Å². The van der Waals surface area contributed by atoms with E-state index in [1.54, 1.807) is 7.11 Å². The van der Waals surface area contributed by atoms with Crippen molar-refractivity contribution in [3.8, 4) is 5.75 Å². The summed E-state index contributed by atoms with van der Waals surface area (Å²) in [6.45, 7) is 5.00. The maximum atomic E-state index is 14.1. The number of aromatic amines is 1. The number of benzene rings is 2. The van der Waals surface area contributed by atoms with Gasteiger partial charge in [0.05, 0.1) is 27.4 Å². The molecule has 3 aliphatic heterocycles. The molecule has 0 amide bonds. The molecule has 0 radical (unpaired) electrons. The number of nitrogens with two attached hydrogens (primary N) is 1. The number of rotatable bonds is 9. The van der Waals surface area contributed by atoms with Gasteiger partial charge in [-0.25, -0.2) is 4.79 Å². The number of nitrogens with zero attached hydrogens (tertiary/aromatic N) is 2. The molecule has 3 aromatic rings. The molecule has 7 rings (SSSR count). The lowest BCUT2D eigenvalue weighted by molar-refractivity contribution is -0.228. The second kappa shape index (κ2) is 12.1. The first kappa shape index (κ1) is 34.1. The van der Waals surface area contributed by atoms with E-state index in [-0.39, 0.29) is 6.04 Å². The number of hydrogen-bond acceptors (Lipinski definition) is 11. The molecule has 266 valence electrons. The van der Waals surface area contributed by atoms with Crippen molar-refractivity contribution in [3.63, 3.8) is 0 Å². The second-order valence-electron chi connectivity index (χ2n) is 14.0. The van der Waals surface area contributed by atoms with E-state index < -0.39 is 52.4 Å². The highest BCUT2D eigenvalue weighted by molar-refractivity contribution is 5.92. The van der Waals surface area contributed by atoms with Gasteiger partial charge in [-0.3, -0.25) is 14.5 Å². The van der Waals surface area contributed by atoms with Crippen LogP contribution in [-0.2, 0) is 40.4 Å². The molecular weight excluding hydrogens is 640 g/mol. The number of ether oxygens (including phenoxy) is 4. The fourth-order valence-electron chi connectivity index (χ4n) is 10.4. The molecule has 1 aliphatic carbocycles. The van der Waals surface area contributed by atoms with E-state index in [4.69, 9.17) is 24.7 Å². The number of anilines is 1. The van der Waals surface area contributed by atoms with Crippen molar-refractivity contribution in [2.45, 2.75) is 68.2 Å². The first-order valence-corrected chi connectivity index (χ1v) is 17.2. The second-order valence-corrected chi connectivity index (χ2v) is 14.0. The molecule has 1 saturated heterocycles. The number of fused-ring (bicyclic) bond motifs is 2. The predicted octanol–water partition coefficient (Wildman–Crippen LogP) is 2.93. The largest absolute Gasteiger partial charge is 0.496 e. The van der Waals surface area contributed by atoms with Crippen molar-refractivity contribution in [1.29, 1.82) is 0 Å². The molecule has 1 spiro atoms. The quantitative estimate of drug-likeness (QED) is 0.173. The summed E-state index contributed by atoms with van der Waals surface area (Å²) in [5.41, 5.74) is 6.71. The first-order chi connectivity index (χ1) is 24.0. The highest BCUT2D eigenvalue weighted by atomic mass is 16.6. The fourth-order valence-corrected chi connectivity index (χ4v) is 10.4. The average Bonchev–Trinajstić information content (AvgIpc) is 3.76. The lowest BCUT2D eigenvalue weighted by atomic mass is 9.47. The summed E-state index contributed by atoms with van der Waals surface area (Å²) < 4.78 is 22.9. The summed E-state index contributed by atoms with van der Waals surface area (Å²) in [4.78, 5) is 48.7. The molecule has 1 saturated carbocycles. The topological polar surface area (TPSA) is 157 Å². The number of esters is 3. The van der Waals surface area contributed by atoms with Crippen LogP contribution in [0.25, 0.3) is 10.9 Å². The highest BCUT2D eigenvalue weighted by Gasteiger charge is 2.80. The molecule has 7 atom stereocenters. The van der Waals surface area contributed by atoms with E-state index >= 15 is 0 Å². The SMILES string of the molecule is CC[C@]12C=CCN3CC[C@@]4(c5cc(C(C(=O)OC)c6[nH]c7ccccc7c6CCN)c(OC)cc5N(C)[C@H]4[C@@](O)(C(=O)OC)[C@@H]1OC(C)=O)[C@@H]32. The standard InChI is InChI=1S/C38H46N4O8/c1-7-36-14-10-17-42-18-15-37(32(36)42)25-19-24(29(31(44)48-5)30-23(13-16-39)22-11-8-9-12-26(22)40-30)28(47-4)20-27(25)41(3)33(37)38(46,35(45)49-6)34(36)50-21(2)43/h8-12,14,19-20,29,32-34,40,46H,7,13,15-18,39H2,1-6H3/t29?,32-,33+,34+,36+,37+,38-/m0/s1. The number of methoxy groups -OCH3 is 3. The number of aromatic nitrogens is 1. The zero-order chi connectivity index (χ0) is 35.7. The average molecular weight is 687 g/mol. The van der Waals surface area contributed by atoms with E-state index in [0.29, 0.717) is 55.9 Å². The Bertz CT molecular complexity index is 1910. The highest BCUT2D eigenvalue weighted by Crippen LogP contribution is 2.68. The molecule has 1 aromatic heterocycles. The number of carbonyl (C=O) groups is 3. The summed E-state index contributed by atoms with van der Waals surface area (Å²) in [5, 5.41) is 14.0. The Morgan fingerprint density at radius 2 is 1.88 bits per heavy atom. The molecule has 12 heteroatoms. The van der Waals surface area contributed by atoms with Crippen LogP contribution in [0.4, 0.5) is 5.69 Å². The molecule has 4 aliphatic rings. The zero-order valence-corrected chi connectivity index (χ0v) is 29.4. The number of hydrogen-bond donors (Lipinski definition) is 3. The van der Waals surface area contributed by atoms with E-state index in [0.717, 1.165) is 27.7 Å². The van der Waals surface area contributed by atoms with Crippen LogP contribution in [-0.4, -0.2) is 105 Å². The minimum absolute atomic E-state index is 0.272. The van der Waals surface area contributed by atoms with Gasteiger partial charge in [-0.15, -0.1) is 0 Å². The molecule has 12 nitrogen and oxygen atoms in total. The number of aliphatic hydroxyl groups is 1. The number of nitrogens with one attached hydrogen (secondary N) is 1. The van der Waals surface area contributed by atoms with Crippen LogP contribution < -0.4 is 15.4 Å². The molecule has 1 unspecified atom stereocenters. The van der Waals surface area contributed by atoms with Crippen LogP contribution in [0.1, 0.15) is 55.0 Å². The smallest absolute Gasteiger partial charge is 0.344 e. The van der Waals surface area contributed by atoms with E-state index in [1.165, 1.54) is 21.1 Å². The van der Waals surface area contributed by atoms with E-state index in [1.807, 2.05) is 67.4 Å². The first-order valence-electron chi connectivity index (χ1n) is 17.2. The van der Waals surface area contributed by atoms with Crippen LogP contribution in [0, 0.1) is 5.41 Å². The number of para-hydroxylation sites is 1. The van der Waals surface area contributed by atoms with Gasteiger partial charge in [0.25, 0.3) is 0 Å². The molecule has 2 fully saturated rings. The molecule has 2 aromatic carbocycles. The van der Waals surface area contributed by atoms with Crippen molar-refractivity contribution >= 4 is 34.5 Å². The van der Waals surface area contributed by atoms with Gasteiger partial charge < -0.3 is 39.7 Å². The Balaban J connectivity index is 1.53. The van der Waals surface area contributed by atoms with Crippen molar-refractivity contribution < 1.29 is 38.4 Å². The Morgan fingerprint density at radius 1 is 1.12 bits per heavy atom. The lowest BCUT2D eigenvalue weighted by Crippen LogP contribution is -2.81. The van der Waals surface area contributed by atoms with Gasteiger partial charge >= 0.3 is 17.9 Å². The summed E-state index contributed by atoms with van der Waals surface area (Å²) in [7, 11) is 6.00. The third-order valence-corrected chi connectivity index (χ3v) is 12.0. The van der Waals surface area contributed by atoms with Gasteiger partial charge in [-0.1, -0.05) is 37.3 Å². The Hall–Kier alpha value is -4.39. The van der Waals surface area contributed by atoms with Gasteiger partial charge in [-0.2, -0.15) is 0 Å². The third-order valence-electron chi connectivity index (χ3n) is 12.0. The lowest BCUT2D eigenvalue weighted by Gasteiger charge is -2.63. The molecule has 4 N–H and O–H groups in total. The molecule has 50 heavy (non-hydrogen) atoms. The van der Waals surface area contributed by atoms with Gasteiger partial charge in [-0.05, 0) is 55.6 Å². The minimum atomic E-state index is -2.26. The Labute approximate surface area is 291 Å². The Morgan fingerprint density at radius 3 is 2.54 bits per heavy atom. The number of carbonyl (C=O) groups excluding carboxylic acids is 3. The summed E-state index contributed by atoms with van der Waals surface area (Å²) >= 11 is 0. The third kappa shape index (κ3) is 4.31. The predicted molar refractivity (Wildman–Crippen MR) is 186 cm³/mol. The van der Waals surface area contributed by atoms with Crippen LogP contribution in [0.2, 0.25) is 0 Å². The van der Waals surface area contributed by atoms with Crippen LogP contribution in [0.3, 0.4) is 0 Å². The molecule has 0 bridgehead atoms. The minimum Gasteiger partial charge on any atom is -0.496 e. The van der Waals surface area contributed by atoms with E-state index in [9.17, 15) is 19.5 Å². The molecular formula is C38H46N4O8. The van der Waals surface area contributed by atoms with Crippen molar-refractivity contribution in [2.75, 3.05) is 52.9 Å². The Kier molecular flexibility index (Phi) is 8.27. The fraction of sp³-hybridized carbons (Fsp3) is 0.500. The van der Waals surface area contributed by atoms with Crippen LogP contribution in [0.5, 0.6) is 5.75 Å². The zero-order valence-electron chi connectivity index (χ0n) is 29.4. The summed E-state index contributed by atoms with van der Waals surface area (Å²) in [5.74, 6) is -2.42. The van der Waals surface area contributed by atoms with Crippen molar-refractivity contribution in [3.05, 3.63) is 70.9 Å². The number of H-pyrrole nitrogens is 1. The van der Waals surface area contributed by atoms with Crippen molar-refractivity contribution in [2.24, 2.45) is 11.1 Å². The van der Waals surface area contributed by atoms with Gasteiger partial charge in [0, 0.05) is 71.3 Å². The van der Waals surface area contributed by atoms with Crippen molar-refractivity contribution in [1.82, 2.24) is 9.88 Å². The molecule has 4 heterocycles. The van der Waals surface area contributed by atoms with E-state index in [2.05, 4.69) is 9.88 Å². The maximum absolute atomic E-state index is 14.1. The van der Waals surface area contributed by atoms with Crippen LogP contribution >= 0.6 is 0 Å². The summed E-state index contributed by atoms with van der Waals surface area (Å²) in [6.07, 6.45) is 4.42. The summed E-state index contributed by atoms with van der Waals surface area (Å²) in [6, 6.07) is 10.6. The van der Waals surface area contributed by atoms with Crippen LogP contribution in [0.15, 0.2) is 48.6 Å². The maximum Gasteiger partial charge on any atom is 0.344 e. The number of likely N-dealkylation sites (N-methyl/N-ethyl adjacent to an activating group) is 1. The monoisotopic (exact) mass is 686 g/mol. The van der Waals surface area contributed by atoms with Gasteiger partial charge in [0.1, 0.15) is 11.7 Å². The van der Waals surface area contributed by atoms with Gasteiger partial charge in [0.15, 0.2) is 6.10 Å². The normalized spacial score (nSPS) is 30.0.